The molecule has 1 fully saturated rings. The molecule has 0 unspecified atom stereocenters. The molecule has 0 radical (unpaired) electrons. The summed E-state index contributed by atoms with van der Waals surface area (Å²) in [5, 5.41) is 19.8. The summed E-state index contributed by atoms with van der Waals surface area (Å²) in [7, 11) is 0. The van der Waals surface area contributed by atoms with E-state index in [1.165, 1.54) is 0 Å². The molecule has 0 aliphatic carbocycles. The van der Waals surface area contributed by atoms with E-state index in [9.17, 15) is 13.2 Å². The number of aromatic nitrogens is 5. The third-order valence-electron chi connectivity index (χ3n) is 6.18. The maximum Gasteiger partial charge on any atom is 0.411 e. The molecule has 1 aliphatic heterocycles. The number of alkyl halides is 3. The molecule has 11 heteroatoms. The third-order valence-corrected chi connectivity index (χ3v) is 6.18. The fourth-order valence-electron chi connectivity index (χ4n) is 4.59. The van der Waals surface area contributed by atoms with Gasteiger partial charge >= 0.3 is 6.18 Å². The van der Waals surface area contributed by atoms with Gasteiger partial charge in [0.15, 0.2) is 23.0 Å². The van der Waals surface area contributed by atoms with Crippen molar-refractivity contribution in [3.8, 4) is 22.6 Å². The first-order chi connectivity index (χ1) is 17.5. The molecule has 1 aliphatic rings. The minimum Gasteiger partial charge on any atom is -0.364 e. The number of hydrogen-bond acceptors (Lipinski definition) is 7. The summed E-state index contributed by atoms with van der Waals surface area (Å²) in [6.45, 7) is -0.0649. The summed E-state index contributed by atoms with van der Waals surface area (Å²) < 4.78 is 50.3. The number of rotatable bonds is 6. The second-order valence-corrected chi connectivity index (χ2v) is 8.63. The molecule has 6 rings (SSSR count). The van der Waals surface area contributed by atoms with Crippen molar-refractivity contribution in [3.63, 3.8) is 0 Å². The first kappa shape index (κ1) is 22.5. The predicted molar refractivity (Wildman–Crippen MR) is 126 cm³/mol. The van der Waals surface area contributed by atoms with Gasteiger partial charge in [-0.3, -0.25) is 0 Å². The van der Waals surface area contributed by atoms with Crippen LogP contribution in [0.1, 0.15) is 18.6 Å². The van der Waals surface area contributed by atoms with Crippen LogP contribution in [-0.2, 0) is 11.3 Å². The van der Waals surface area contributed by atoms with Crippen LogP contribution in [0, 0.1) is 0 Å². The van der Waals surface area contributed by atoms with Crippen LogP contribution in [0.5, 0.6) is 0 Å². The number of nitrogens with zero attached hydrogens (tertiary/aromatic N) is 6. The van der Waals surface area contributed by atoms with Gasteiger partial charge in [0.05, 0.1) is 5.56 Å². The quantitative estimate of drug-likeness (QED) is 0.318. The van der Waals surface area contributed by atoms with Crippen molar-refractivity contribution in [2.75, 3.05) is 24.6 Å². The topological polar surface area (TPSA) is 81.6 Å². The molecule has 1 saturated heterocycles. The van der Waals surface area contributed by atoms with Gasteiger partial charge in [-0.1, -0.05) is 59.8 Å². The van der Waals surface area contributed by atoms with E-state index in [0.717, 1.165) is 48.1 Å². The van der Waals surface area contributed by atoms with E-state index in [0.29, 0.717) is 22.7 Å². The zero-order chi connectivity index (χ0) is 24.7. The molecule has 5 aromatic rings. The highest BCUT2D eigenvalue weighted by molar-refractivity contribution is 6.00. The highest BCUT2D eigenvalue weighted by Crippen LogP contribution is 2.36. The first-order valence-corrected chi connectivity index (χ1v) is 11.6. The summed E-state index contributed by atoms with van der Waals surface area (Å²) in [6.07, 6.45) is -2.31. The highest BCUT2D eigenvalue weighted by atomic mass is 19.4. The van der Waals surface area contributed by atoms with Gasteiger partial charge in [-0.25, -0.2) is 0 Å². The SMILES string of the molecule is FC(F)(F)COCc1onc(-c2ccccc2)c1-c1nnc2c3ccccc3c(N3CCCC3)nn12. The highest BCUT2D eigenvalue weighted by Gasteiger charge is 2.30. The van der Waals surface area contributed by atoms with E-state index >= 15 is 0 Å². The number of anilines is 1. The Morgan fingerprint density at radius 1 is 0.917 bits per heavy atom. The summed E-state index contributed by atoms with van der Waals surface area (Å²) >= 11 is 0. The molecular formula is C25H21F3N6O2. The standard InChI is InChI=1S/C25H21F3N6O2/c26-25(27,28)15-35-14-19-20(21(32-36-19)16-8-2-1-3-9-16)24-30-29-22-17-10-4-5-11-18(17)23(31-34(22)24)33-12-6-7-13-33/h1-5,8-11H,6-7,12-15H2. The molecule has 0 amide bonds. The Morgan fingerprint density at radius 2 is 1.64 bits per heavy atom. The summed E-state index contributed by atoms with van der Waals surface area (Å²) in [4.78, 5) is 2.23. The van der Waals surface area contributed by atoms with Crippen LogP contribution in [0.2, 0.25) is 0 Å². The maximum absolute atomic E-state index is 12.7. The lowest BCUT2D eigenvalue weighted by atomic mass is 10.1. The normalized spacial score (nSPS) is 14.4. The van der Waals surface area contributed by atoms with Gasteiger partial charge in [-0.05, 0) is 12.8 Å². The Kier molecular flexibility index (Phi) is 5.56. The van der Waals surface area contributed by atoms with Crippen molar-refractivity contribution in [1.29, 1.82) is 0 Å². The van der Waals surface area contributed by atoms with E-state index < -0.39 is 19.4 Å². The van der Waals surface area contributed by atoms with Gasteiger partial charge in [0, 0.05) is 29.4 Å². The molecule has 3 aromatic heterocycles. The largest absolute Gasteiger partial charge is 0.411 e. The fraction of sp³-hybridized carbons (Fsp3) is 0.280. The second kappa shape index (κ2) is 8.90. The van der Waals surface area contributed by atoms with Crippen LogP contribution in [0.25, 0.3) is 39.1 Å². The van der Waals surface area contributed by atoms with Gasteiger partial charge in [0.25, 0.3) is 0 Å². The Morgan fingerprint density at radius 3 is 2.39 bits per heavy atom. The van der Waals surface area contributed by atoms with E-state index in [-0.39, 0.29) is 5.76 Å². The summed E-state index contributed by atoms with van der Waals surface area (Å²) in [5.41, 5.74) is 2.07. The van der Waals surface area contributed by atoms with Crippen molar-refractivity contribution >= 4 is 22.2 Å². The Balaban J connectivity index is 1.54. The van der Waals surface area contributed by atoms with Crippen molar-refractivity contribution in [1.82, 2.24) is 25.0 Å². The molecule has 0 spiro atoms. The van der Waals surface area contributed by atoms with Crippen molar-refractivity contribution in [2.45, 2.75) is 25.6 Å². The van der Waals surface area contributed by atoms with Crippen LogP contribution in [0.15, 0.2) is 59.1 Å². The average molecular weight is 494 g/mol. The zero-order valence-corrected chi connectivity index (χ0v) is 19.1. The number of ether oxygens (including phenoxy) is 1. The molecule has 0 N–H and O–H groups in total. The molecule has 0 bridgehead atoms. The van der Waals surface area contributed by atoms with E-state index in [2.05, 4.69) is 20.3 Å². The monoisotopic (exact) mass is 494 g/mol. The minimum atomic E-state index is -4.46. The molecule has 0 atom stereocenters. The van der Waals surface area contributed by atoms with Crippen molar-refractivity contribution in [2.24, 2.45) is 0 Å². The Labute approximate surface area is 203 Å². The lowest BCUT2D eigenvalue weighted by molar-refractivity contribution is -0.177. The van der Waals surface area contributed by atoms with Gasteiger partial charge in [0.2, 0.25) is 0 Å². The molecule has 2 aromatic carbocycles. The number of fused-ring (bicyclic) bond motifs is 3. The van der Waals surface area contributed by atoms with Gasteiger partial charge in [0.1, 0.15) is 18.9 Å². The first-order valence-electron chi connectivity index (χ1n) is 11.6. The fourth-order valence-corrected chi connectivity index (χ4v) is 4.59. The smallest absolute Gasteiger partial charge is 0.364 e. The summed E-state index contributed by atoms with van der Waals surface area (Å²) in [6, 6.07) is 17.1. The minimum absolute atomic E-state index is 0.116. The van der Waals surface area contributed by atoms with Crippen LogP contribution in [0.3, 0.4) is 0 Å². The molecular weight excluding hydrogens is 473 g/mol. The van der Waals surface area contributed by atoms with Crippen LogP contribution in [0.4, 0.5) is 19.0 Å². The molecule has 36 heavy (non-hydrogen) atoms. The lowest BCUT2D eigenvalue weighted by Crippen LogP contribution is -2.20. The Hall–Kier alpha value is -3.99. The van der Waals surface area contributed by atoms with Gasteiger partial charge in [-0.15, -0.1) is 15.3 Å². The van der Waals surface area contributed by atoms with Crippen LogP contribution >= 0.6 is 0 Å². The average Bonchev–Trinajstić information content (AvgIpc) is 3.63. The molecule has 184 valence electrons. The van der Waals surface area contributed by atoms with E-state index in [1.54, 1.807) is 4.52 Å². The Bertz CT molecular complexity index is 1520. The number of halogens is 3. The van der Waals surface area contributed by atoms with Crippen LogP contribution in [-0.4, -0.2) is 50.8 Å². The molecule has 0 saturated carbocycles. The van der Waals surface area contributed by atoms with Crippen molar-refractivity contribution < 1.29 is 22.4 Å². The predicted octanol–water partition coefficient (Wildman–Crippen LogP) is 5.28. The number of hydrogen-bond donors (Lipinski definition) is 0. The zero-order valence-electron chi connectivity index (χ0n) is 19.1. The third kappa shape index (κ3) is 4.05. The second-order valence-electron chi connectivity index (χ2n) is 8.63. The molecule has 4 heterocycles. The lowest BCUT2D eigenvalue weighted by Gasteiger charge is -2.18. The molecule has 8 nitrogen and oxygen atoms in total. The maximum atomic E-state index is 12.7. The van der Waals surface area contributed by atoms with E-state index in [4.69, 9.17) is 14.4 Å². The van der Waals surface area contributed by atoms with E-state index in [1.807, 2.05) is 54.6 Å². The van der Waals surface area contributed by atoms with Gasteiger partial charge in [-0.2, -0.15) is 17.7 Å². The van der Waals surface area contributed by atoms with Gasteiger partial charge < -0.3 is 14.2 Å². The number of benzene rings is 2. The summed E-state index contributed by atoms with van der Waals surface area (Å²) in [5.74, 6) is 1.25. The van der Waals surface area contributed by atoms with Crippen LogP contribution < -0.4 is 4.90 Å². The van der Waals surface area contributed by atoms with Crippen molar-refractivity contribution in [3.05, 3.63) is 60.4 Å².